The van der Waals surface area contributed by atoms with Gasteiger partial charge in [-0.15, -0.1) is 0 Å². The maximum Gasteiger partial charge on any atom is 0.313 e. The highest BCUT2D eigenvalue weighted by Crippen LogP contribution is 2.46. The molecule has 0 spiro atoms. The largest absolute Gasteiger partial charge is 0.341 e. The van der Waals surface area contributed by atoms with Crippen LogP contribution < -0.4 is 10.6 Å². The smallest absolute Gasteiger partial charge is 0.313 e. The number of carbonyl (C=O) groups excluding carboxylic acids is 3. The zero-order valence-corrected chi connectivity index (χ0v) is 18.7. The average Bonchev–Trinajstić information content (AvgIpc) is 3.54. The van der Waals surface area contributed by atoms with Crippen LogP contribution in [-0.4, -0.2) is 35.7 Å². The van der Waals surface area contributed by atoms with E-state index in [-0.39, 0.29) is 11.9 Å². The first kappa shape index (κ1) is 22.1. The van der Waals surface area contributed by atoms with Gasteiger partial charge in [-0.3, -0.25) is 14.4 Å². The van der Waals surface area contributed by atoms with Gasteiger partial charge in [0.25, 0.3) is 5.91 Å². The van der Waals surface area contributed by atoms with Crippen LogP contribution in [0.1, 0.15) is 55.1 Å². The molecule has 3 unspecified atom stereocenters. The summed E-state index contributed by atoms with van der Waals surface area (Å²) in [5.41, 5.74) is 2.09. The summed E-state index contributed by atoms with van der Waals surface area (Å²) in [5.74, 6) is 0.182. The van der Waals surface area contributed by atoms with Gasteiger partial charge in [0.15, 0.2) is 0 Å². The predicted molar refractivity (Wildman–Crippen MR) is 124 cm³/mol. The maximum absolute atomic E-state index is 12.7. The molecule has 0 bridgehead atoms. The molecule has 1 aliphatic carbocycles. The van der Waals surface area contributed by atoms with Crippen molar-refractivity contribution in [1.29, 1.82) is 0 Å². The SMILES string of the molecule is CC1CCN(C(=O)c2ccc(NC(=O)C(=O)NC(c3ccccc3)C3CC3C)cc2)CC1. The van der Waals surface area contributed by atoms with E-state index in [9.17, 15) is 14.4 Å². The highest BCUT2D eigenvalue weighted by molar-refractivity contribution is 6.39. The van der Waals surface area contributed by atoms with Crippen LogP contribution >= 0.6 is 0 Å². The molecule has 1 saturated heterocycles. The quantitative estimate of drug-likeness (QED) is 0.700. The van der Waals surface area contributed by atoms with E-state index in [1.54, 1.807) is 24.3 Å². The Hall–Kier alpha value is -3.15. The molecule has 2 N–H and O–H groups in total. The first-order valence-electron chi connectivity index (χ1n) is 11.5. The highest BCUT2D eigenvalue weighted by Gasteiger charge is 2.41. The number of nitrogens with zero attached hydrogens (tertiary/aromatic N) is 1. The van der Waals surface area contributed by atoms with Crippen LogP contribution in [0.4, 0.5) is 5.69 Å². The van der Waals surface area contributed by atoms with Gasteiger partial charge in [-0.25, -0.2) is 0 Å². The molecule has 3 amide bonds. The second kappa shape index (κ2) is 9.55. The summed E-state index contributed by atoms with van der Waals surface area (Å²) in [6.45, 7) is 5.92. The third-order valence-electron chi connectivity index (χ3n) is 6.71. The number of hydrogen-bond donors (Lipinski definition) is 2. The van der Waals surface area contributed by atoms with Crippen LogP contribution in [0.5, 0.6) is 0 Å². The van der Waals surface area contributed by atoms with E-state index in [1.807, 2.05) is 35.2 Å². The molecule has 168 valence electrons. The lowest BCUT2D eigenvalue weighted by atomic mass is 9.98. The minimum absolute atomic E-state index is 0.0109. The van der Waals surface area contributed by atoms with Gasteiger partial charge < -0.3 is 15.5 Å². The summed E-state index contributed by atoms with van der Waals surface area (Å²) in [4.78, 5) is 39.7. The van der Waals surface area contributed by atoms with Gasteiger partial charge in [-0.2, -0.15) is 0 Å². The Bertz CT molecular complexity index is 966. The summed E-state index contributed by atoms with van der Waals surface area (Å²) in [6.07, 6.45) is 3.09. The Balaban J connectivity index is 1.35. The van der Waals surface area contributed by atoms with E-state index in [1.165, 1.54) is 0 Å². The summed E-state index contributed by atoms with van der Waals surface area (Å²) >= 11 is 0. The second-order valence-electron chi connectivity index (χ2n) is 9.24. The van der Waals surface area contributed by atoms with Crippen molar-refractivity contribution in [3.05, 3.63) is 65.7 Å². The Morgan fingerprint density at radius 3 is 2.12 bits per heavy atom. The average molecular weight is 434 g/mol. The van der Waals surface area contributed by atoms with Crippen molar-refractivity contribution in [2.45, 2.75) is 39.2 Å². The number of piperidine rings is 1. The third kappa shape index (κ3) is 5.18. The molecule has 2 aromatic rings. The van der Waals surface area contributed by atoms with Crippen molar-refractivity contribution < 1.29 is 14.4 Å². The molecule has 1 heterocycles. The van der Waals surface area contributed by atoms with Crippen LogP contribution in [-0.2, 0) is 9.59 Å². The lowest BCUT2D eigenvalue weighted by Crippen LogP contribution is -2.39. The minimum atomic E-state index is -0.705. The number of likely N-dealkylation sites (tertiary alicyclic amines) is 1. The number of nitrogens with one attached hydrogen (secondary N) is 2. The maximum atomic E-state index is 12.7. The number of benzene rings is 2. The van der Waals surface area contributed by atoms with Crippen molar-refractivity contribution in [2.24, 2.45) is 17.8 Å². The predicted octanol–water partition coefficient (Wildman–Crippen LogP) is 4.01. The molecule has 2 aromatic carbocycles. The fourth-order valence-corrected chi connectivity index (χ4v) is 4.40. The number of amides is 3. The summed E-state index contributed by atoms with van der Waals surface area (Å²) in [7, 11) is 0. The van der Waals surface area contributed by atoms with Crippen LogP contribution in [0, 0.1) is 17.8 Å². The highest BCUT2D eigenvalue weighted by atomic mass is 16.2. The second-order valence-corrected chi connectivity index (χ2v) is 9.24. The molecule has 4 rings (SSSR count). The fraction of sp³-hybridized carbons (Fsp3) is 0.423. The Kier molecular flexibility index (Phi) is 6.58. The summed E-state index contributed by atoms with van der Waals surface area (Å²) < 4.78 is 0. The van der Waals surface area contributed by atoms with Gasteiger partial charge in [-0.1, -0.05) is 44.2 Å². The lowest BCUT2D eigenvalue weighted by Gasteiger charge is -2.30. The van der Waals surface area contributed by atoms with Gasteiger partial charge >= 0.3 is 11.8 Å². The van der Waals surface area contributed by atoms with E-state index in [4.69, 9.17) is 0 Å². The van der Waals surface area contributed by atoms with E-state index in [0.717, 1.165) is 37.9 Å². The minimum Gasteiger partial charge on any atom is -0.341 e. The van der Waals surface area contributed by atoms with Gasteiger partial charge in [0.2, 0.25) is 0 Å². The van der Waals surface area contributed by atoms with E-state index < -0.39 is 11.8 Å². The van der Waals surface area contributed by atoms with Crippen LogP contribution in [0.2, 0.25) is 0 Å². The molecule has 32 heavy (non-hydrogen) atoms. The number of carbonyl (C=O) groups is 3. The number of rotatable bonds is 5. The van der Waals surface area contributed by atoms with Crippen LogP contribution in [0.25, 0.3) is 0 Å². The number of hydrogen-bond acceptors (Lipinski definition) is 3. The molecule has 6 nitrogen and oxygen atoms in total. The fourth-order valence-electron chi connectivity index (χ4n) is 4.40. The molecular weight excluding hydrogens is 402 g/mol. The summed E-state index contributed by atoms with van der Waals surface area (Å²) in [6, 6.07) is 16.3. The van der Waals surface area contributed by atoms with E-state index in [0.29, 0.717) is 29.0 Å². The van der Waals surface area contributed by atoms with Crippen molar-refractivity contribution in [1.82, 2.24) is 10.2 Å². The van der Waals surface area contributed by atoms with Gasteiger partial charge in [0.1, 0.15) is 0 Å². The molecule has 2 aliphatic rings. The molecule has 0 radical (unpaired) electrons. The normalized spacial score (nSPS) is 21.5. The van der Waals surface area contributed by atoms with Gasteiger partial charge in [0, 0.05) is 24.3 Å². The molecule has 3 atom stereocenters. The van der Waals surface area contributed by atoms with Crippen molar-refractivity contribution in [3.8, 4) is 0 Å². The van der Waals surface area contributed by atoms with Gasteiger partial charge in [-0.05, 0) is 66.8 Å². The van der Waals surface area contributed by atoms with Crippen molar-refractivity contribution in [2.75, 3.05) is 18.4 Å². The Morgan fingerprint density at radius 1 is 0.906 bits per heavy atom. The molecule has 0 aromatic heterocycles. The monoisotopic (exact) mass is 433 g/mol. The Morgan fingerprint density at radius 2 is 1.53 bits per heavy atom. The number of anilines is 1. The molecule has 6 heteroatoms. The van der Waals surface area contributed by atoms with Crippen LogP contribution in [0.3, 0.4) is 0 Å². The van der Waals surface area contributed by atoms with Crippen molar-refractivity contribution in [3.63, 3.8) is 0 Å². The Labute approximate surface area is 189 Å². The third-order valence-corrected chi connectivity index (χ3v) is 6.71. The molecule has 1 saturated carbocycles. The topological polar surface area (TPSA) is 78.5 Å². The van der Waals surface area contributed by atoms with E-state index >= 15 is 0 Å². The molecular formula is C26H31N3O3. The lowest BCUT2D eigenvalue weighted by molar-refractivity contribution is -0.136. The first-order chi connectivity index (χ1) is 15.4. The van der Waals surface area contributed by atoms with E-state index in [2.05, 4.69) is 24.5 Å². The molecule has 1 aliphatic heterocycles. The summed E-state index contributed by atoms with van der Waals surface area (Å²) in [5, 5.41) is 5.55. The zero-order chi connectivity index (χ0) is 22.7. The van der Waals surface area contributed by atoms with Crippen LogP contribution in [0.15, 0.2) is 54.6 Å². The standard InChI is InChI=1S/C26H31N3O3/c1-17-12-14-29(15-13-17)26(32)20-8-10-21(11-9-20)27-24(30)25(31)28-23(22-16-18(22)2)19-6-4-3-5-7-19/h3-11,17-18,22-23H,12-16H2,1-2H3,(H,27,30)(H,28,31). The van der Waals surface area contributed by atoms with Crippen molar-refractivity contribution >= 4 is 23.4 Å². The molecule has 2 fully saturated rings. The van der Waals surface area contributed by atoms with Gasteiger partial charge in [0.05, 0.1) is 6.04 Å². The first-order valence-corrected chi connectivity index (χ1v) is 11.5. The zero-order valence-electron chi connectivity index (χ0n) is 18.7.